The molecule has 0 aromatic heterocycles. The van der Waals surface area contributed by atoms with Crippen molar-refractivity contribution in [3.05, 3.63) is 34.4 Å². The predicted octanol–water partition coefficient (Wildman–Crippen LogP) is 3.78. The van der Waals surface area contributed by atoms with E-state index >= 15 is 0 Å². The molecule has 1 aliphatic carbocycles. The lowest BCUT2D eigenvalue weighted by molar-refractivity contribution is -0.0515. The monoisotopic (exact) mass is 390 g/mol. The maximum Gasteiger partial charge on any atom is 0.400 e. The van der Waals surface area contributed by atoms with Gasteiger partial charge < -0.3 is 14.6 Å². The highest BCUT2D eigenvalue weighted by Gasteiger charge is 2.28. The number of allylic oxidation sites excluding steroid dienone is 1. The molecular weight excluding hydrogens is 375 g/mol. The van der Waals surface area contributed by atoms with Gasteiger partial charge >= 0.3 is 18.0 Å². The maximum absolute atomic E-state index is 12.5. The van der Waals surface area contributed by atoms with Gasteiger partial charge in [0.1, 0.15) is 5.03 Å². The van der Waals surface area contributed by atoms with Crippen molar-refractivity contribution >= 4 is 34.6 Å². The lowest BCUT2D eigenvalue weighted by Gasteiger charge is -2.16. The summed E-state index contributed by atoms with van der Waals surface area (Å²) in [6, 6.07) is 4.37. The minimum absolute atomic E-state index is 0.0577. The number of nitrogens with zero attached hydrogens (tertiary/aromatic N) is 1. The van der Waals surface area contributed by atoms with Crippen molar-refractivity contribution in [1.82, 2.24) is 4.67 Å². The lowest BCUT2D eigenvalue weighted by Crippen LogP contribution is -2.08. The molecular formula is C17H16Cl2F2NO3+. The lowest BCUT2D eigenvalue weighted by atomic mass is 10.0. The molecule has 3 rings (SSSR count). The molecule has 1 aliphatic heterocycles. The van der Waals surface area contributed by atoms with E-state index in [2.05, 4.69) is 9.40 Å². The van der Waals surface area contributed by atoms with Crippen LogP contribution in [-0.4, -0.2) is 29.7 Å². The first-order valence-electron chi connectivity index (χ1n) is 7.79. The molecule has 2 aliphatic rings. The van der Waals surface area contributed by atoms with Crippen molar-refractivity contribution in [1.29, 1.82) is 0 Å². The Balaban J connectivity index is 1.76. The molecule has 0 saturated heterocycles. The largest absolute Gasteiger partial charge is 0.489 e. The number of benzene rings is 1. The Labute approximate surface area is 153 Å². The third-order valence-electron chi connectivity index (χ3n) is 3.97. The second-order valence-corrected chi connectivity index (χ2v) is 6.70. The average molecular weight is 391 g/mol. The number of alkyl halides is 2. The van der Waals surface area contributed by atoms with Gasteiger partial charge in [0.05, 0.1) is 18.3 Å². The molecule has 0 amide bonds. The first-order chi connectivity index (χ1) is 11.9. The van der Waals surface area contributed by atoms with Crippen molar-refractivity contribution in [2.75, 3.05) is 6.61 Å². The zero-order valence-electron chi connectivity index (χ0n) is 13.1. The van der Waals surface area contributed by atoms with Gasteiger partial charge in [-0.2, -0.15) is 8.78 Å². The minimum atomic E-state index is -2.95. The first kappa shape index (κ1) is 18.2. The number of aliphatic hydroxyl groups excluding tert-OH is 1. The standard InChI is InChI=1S/C17H16Cl2F2NO3/c18-12-7-22-16(19)11(12)6-13(23)10-3-4-14(25-17(20)21)15(5-10)24-8-9-1-2-9/h3-5,7,9,13,17,23H,1-2,6,8H2/q+1/t13-/m0/s1. The summed E-state index contributed by atoms with van der Waals surface area (Å²) in [6.07, 6.45) is 2.75. The second kappa shape index (κ2) is 7.75. The number of hydrogen-bond acceptors (Lipinski definition) is 3. The van der Waals surface area contributed by atoms with Gasteiger partial charge in [-0.15, -0.1) is 0 Å². The molecule has 25 heavy (non-hydrogen) atoms. The van der Waals surface area contributed by atoms with Crippen LogP contribution in [0, 0.1) is 5.92 Å². The molecule has 1 N–H and O–H groups in total. The summed E-state index contributed by atoms with van der Waals surface area (Å²) in [7, 11) is 0. The van der Waals surface area contributed by atoms with E-state index in [9.17, 15) is 13.9 Å². The van der Waals surface area contributed by atoms with Crippen molar-refractivity contribution in [3.63, 3.8) is 0 Å². The molecule has 0 unspecified atom stereocenters. The van der Waals surface area contributed by atoms with Crippen LogP contribution in [0.3, 0.4) is 0 Å². The van der Waals surface area contributed by atoms with E-state index in [-0.39, 0.29) is 23.1 Å². The van der Waals surface area contributed by atoms with Gasteiger partial charge in [0.2, 0.25) is 0 Å². The van der Waals surface area contributed by atoms with E-state index in [1.165, 1.54) is 24.4 Å². The van der Waals surface area contributed by atoms with E-state index < -0.39 is 12.7 Å². The topological polar surface area (TPSA) is 52.8 Å². The zero-order chi connectivity index (χ0) is 18.0. The third-order valence-corrected chi connectivity index (χ3v) is 4.62. The van der Waals surface area contributed by atoms with Gasteiger partial charge in [0.15, 0.2) is 11.5 Å². The average Bonchev–Trinajstić information content (AvgIpc) is 3.34. The van der Waals surface area contributed by atoms with Crippen LogP contribution >= 0.6 is 23.2 Å². The van der Waals surface area contributed by atoms with Gasteiger partial charge in [0.25, 0.3) is 0 Å². The third kappa shape index (κ3) is 4.73. The van der Waals surface area contributed by atoms with Crippen molar-refractivity contribution in [3.8, 4) is 11.5 Å². The predicted molar refractivity (Wildman–Crippen MR) is 92.8 cm³/mol. The van der Waals surface area contributed by atoms with Crippen LogP contribution in [0.4, 0.5) is 8.78 Å². The van der Waals surface area contributed by atoms with Crippen molar-refractivity contribution < 1.29 is 23.4 Å². The van der Waals surface area contributed by atoms with E-state index in [0.29, 0.717) is 28.7 Å². The summed E-state index contributed by atoms with van der Waals surface area (Å²) >= 11 is 11.9. The molecule has 8 heteroatoms. The van der Waals surface area contributed by atoms with Crippen molar-refractivity contribution in [2.24, 2.45) is 5.92 Å². The van der Waals surface area contributed by atoms with Gasteiger partial charge in [-0.25, -0.2) is 0 Å². The smallest absolute Gasteiger partial charge is 0.400 e. The Morgan fingerprint density at radius 2 is 2.00 bits per heavy atom. The SMILES string of the molecule is O[C@@H](CC1=C(Cl)C=[N+]=C1Cl)c1ccc(OC(F)F)c(OCC2CC2)c1. The van der Waals surface area contributed by atoms with Crippen LogP contribution in [0.5, 0.6) is 11.5 Å². The van der Waals surface area contributed by atoms with E-state index in [1.807, 2.05) is 0 Å². The Hall–Kier alpha value is -1.59. The highest BCUT2D eigenvalue weighted by Crippen LogP contribution is 2.36. The quantitative estimate of drug-likeness (QED) is 0.687. The summed E-state index contributed by atoms with van der Waals surface area (Å²) < 4.78 is 39.1. The van der Waals surface area contributed by atoms with E-state index in [4.69, 9.17) is 27.9 Å². The number of ether oxygens (including phenoxy) is 2. The van der Waals surface area contributed by atoms with Gasteiger partial charge in [-0.1, -0.05) is 22.3 Å². The van der Waals surface area contributed by atoms with Crippen LogP contribution in [0.2, 0.25) is 0 Å². The highest BCUT2D eigenvalue weighted by molar-refractivity contribution is 6.71. The van der Waals surface area contributed by atoms with Crippen LogP contribution < -0.4 is 14.1 Å². The Morgan fingerprint density at radius 1 is 1.24 bits per heavy atom. The molecule has 4 nitrogen and oxygen atoms in total. The molecule has 0 radical (unpaired) electrons. The first-order valence-corrected chi connectivity index (χ1v) is 8.54. The number of aliphatic hydroxyl groups is 1. The van der Waals surface area contributed by atoms with Gasteiger partial charge in [0, 0.05) is 18.0 Å². The van der Waals surface area contributed by atoms with Crippen molar-refractivity contribution in [2.45, 2.75) is 32.0 Å². The summed E-state index contributed by atoms with van der Waals surface area (Å²) in [5.41, 5.74) is 1.02. The second-order valence-electron chi connectivity index (χ2n) is 5.93. The number of halogens is 4. The summed E-state index contributed by atoms with van der Waals surface area (Å²) in [5, 5.41) is 11.0. The molecule has 1 saturated carbocycles. The van der Waals surface area contributed by atoms with E-state index in [1.54, 1.807) is 0 Å². The summed E-state index contributed by atoms with van der Waals surface area (Å²) in [5.74, 6) is 0.570. The molecule has 1 aromatic rings. The van der Waals surface area contributed by atoms with E-state index in [0.717, 1.165) is 12.8 Å². The molecule has 1 heterocycles. The highest BCUT2D eigenvalue weighted by atomic mass is 35.5. The van der Waals surface area contributed by atoms with Crippen LogP contribution in [0.15, 0.2) is 28.8 Å². The van der Waals surface area contributed by atoms with Gasteiger partial charge in [-0.05, 0) is 36.5 Å². The number of rotatable bonds is 8. The fraction of sp³-hybridized carbons (Fsp3) is 0.412. The maximum atomic E-state index is 12.5. The van der Waals surface area contributed by atoms with Crippen LogP contribution in [0.25, 0.3) is 0 Å². The molecule has 1 aromatic carbocycles. The molecule has 134 valence electrons. The minimum Gasteiger partial charge on any atom is -0.489 e. The van der Waals surface area contributed by atoms with Crippen LogP contribution in [-0.2, 0) is 0 Å². The summed E-state index contributed by atoms with van der Waals surface area (Å²) in [6.45, 7) is -2.52. The molecule has 1 fully saturated rings. The zero-order valence-corrected chi connectivity index (χ0v) is 14.6. The Morgan fingerprint density at radius 3 is 2.60 bits per heavy atom. The number of hydrogen-bond donors (Lipinski definition) is 1. The molecule has 0 spiro atoms. The normalized spacial score (nSPS) is 17.9. The van der Waals surface area contributed by atoms with Gasteiger partial charge in [-0.3, -0.25) is 0 Å². The fourth-order valence-electron chi connectivity index (χ4n) is 2.39. The molecule has 1 atom stereocenters. The fourth-order valence-corrected chi connectivity index (χ4v) is 2.88. The Kier molecular flexibility index (Phi) is 5.64. The summed E-state index contributed by atoms with van der Waals surface area (Å²) in [4.78, 5) is 0. The Bertz CT molecular complexity index is 756. The molecule has 0 bridgehead atoms. The van der Waals surface area contributed by atoms with Crippen LogP contribution in [0.1, 0.15) is 30.9 Å².